The van der Waals surface area contributed by atoms with Crippen LogP contribution in [0, 0.1) is 5.82 Å². The molecule has 0 bridgehead atoms. The normalized spacial score (nSPS) is 12.5. The van der Waals surface area contributed by atoms with Crippen molar-refractivity contribution in [2.24, 2.45) is 0 Å². The van der Waals surface area contributed by atoms with E-state index in [1.165, 1.54) is 24.3 Å². The van der Waals surface area contributed by atoms with E-state index in [4.69, 9.17) is 4.52 Å². The average Bonchev–Trinajstić information content (AvgIpc) is 2.91. The number of carbonyl (C=O) groups is 2. The highest BCUT2D eigenvalue weighted by Crippen LogP contribution is 2.29. The van der Waals surface area contributed by atoms with Crippen LogP contribution in [0.25, 0.3) is 11.3 Å². The predicted octanol–water partition coefficient (Wildman–Crippen LogP) is 3.34. The number of nitrogens with one attached hydrogen (secondary N) is 2. The fourth-order valence-electron chi connectivity index (χ4n) is 2.25. The molecule has 0 fully saturated rings. The third-order valence-corrected chi connectivity index (χ3v) is 3.28. The Kier molecular flexibility index (Phi) is 5.10. The van der Waals surface area contributed by atoms with Crippen LogP contribution in [-0.2, 0) is 0 Å². The first-order chi connectivity index (χ1) is 11.6. The molecule has 7 nitrogen and oxygen atoms in total. The van der Waals surface area contributed by atoms with E-state index in [2.05, 4.69) is 15.8 Å². The quantitative estimate of drug-likeness (QED) is 0.785. The van der Waals surface area contributed by atoms with Crippen LogP contribution >= 0.6 is 0 Å². The summed E-state index contributed by atoms with van der Waals surface area (Å²) in [5.74, 6) is -1.69. The van der Waals surface area contributed by atoms with Gasteiger partial charge in [0.15, 0.2) is 5.76 Å². The third-order valence-electron chi connectivity index (χ3n) is 3.28. The first kappa shape index (κ1) is 18.4. The van der Waals surface area contributed by atoms with Crippen molar-refractivity contribution >= 4 is 12.0 Å². The SMILES string of the molecule is C[C@@H](NC(=O)NC(C)(C)C)c1onc(-c2ccc(F)cc2)c1C(=O)O. The third kappa shape index (κ3) is 4.56. The molecule has 0 saturated carbocycles. The molecular weight excluding hydrogens is 329 g/mol. The molecule has 1 aromatic heterocycles. The molecule has 0 aliphatic rings. The molecule has 2 rings (SSSR count). The molecule has 8 heteroatoms. The van der Waals surface area contributed by atoms with Gasteiger partial charge in [0.2, 0.25) is 0 Å². The molecule has 3 N–H and O–H groups in total. The highest BCUT2D eigenvalue weighted by atomic mass is 19.1. The Morgan fingerprint density at radius 1 is 1.24 bits per heavy atom. The van der Waals surface area contributed by atoms with E-state index in [0.717, 1.165) is 0 Å². The molecule has 1 heterocycles. The fraction of sp³-hybridized carbons (Fsp3) is 0.353. The highest BCUT2D eigenvalue weighted by Gasteiger charge is 2.28. The second kappa shape index (κ2) is 6.92. The van der Waals surface area contributed by atoms with E-state index in [1.54, 1.807) is 6.92 Å². The Morgan fingerprint density at radius 3 is 2.36 bits per heavy atom. The summed E-state index contributed by atoms with van der Waals surface area (Å²) in [5, 5.41) is 18.6. The van der Waals surface area contributed by atoms with Crippen LogP contribution in [0.2, 0.25) is 0 Å². The van der Waals surface area contributed by atoms with E-state index in [-0.39, 0.29) is 17.0 Å². The maximum Gasteiger partial charge on any atom is 0.341 e. The van der Waals surface area contributed by atoms with Crippen LogP contribution in [-0.4, -0.2) is 27.8 Å². The second-order valence-corrected chi connectivity index (χ2v) is 6.65. The van der Waals surface area contributed by atoms with Gasteiger partial charge in [-0.3, -0.25) is 0 Å². The van der Waals surface area contributed by atoms with Crippen molar-refractivity contribution in [1.29, 1.82) is 0 Å². The van der Waals surface area contributed by atoms with E-state index < -0.39 is 29.4 Å². The fourth-order valence-corrected chi connectivity index (χ4v) is 2.25. The molecule has 0 aliphatic carbocycles. The van der Waals surface area contributed by atoms with Crippen molar-refractivity contribution in [2.45, 2.75) is 39.3 Å². The van der Waals surface area contributed by atoms with Crippen molar-refractivity contribution in [3.63, 3.8) is 0 Å². The minimum atomic E-state index is -1.25. The molecular formula is C17H20FN3O4. The number of urea groups is 1. The van der Waals surface area contributed by atoms with E-state index in [9.17, 15) is 19.1 Å². The minimum absolute atomic E-state index is 0.0101. The number of nitrogens with zero attached hydrogens (tertiary/aromatic N) is 1. The van der Waals surface area contributed by atoms with Crippen LogP contribution in [0.1, 0.15) is 49.9 Å². The van der Waals surface area contributed by atoms with Crippen LogP contribution in [0.4, 0.5) is 9.18 Å². The highest BCUT2D eigenvalue weighted by molar-refractivity contribution is 5.96. The number of benzene rings is 1. The molecule has 0 radical (unpaired) electrons. The van der Waals surface area contributed by atoms with E-state index in [1.807, 2.05) is 20.8 Å². The van der Waals surface area contributed by atoms with Crippen molar-refractivity contribution in [1.82, 2.24) is 15.8 Å². The summed E-state index contributed by atoms with van der Waals surface area (Å²) in [6, 6.07) is 4.04. The Labute approximate surface area is 144 Å². The minimum Gasteiger partial charge on any atom is -0.477 e. The lowest BCUT2D eigenvalue weighted by Crippen LogP contribution is -2.47. The van der Waals surface area contributed by atoms with Crippen LogP contribution in [0.3, 0.4) is 0 Å². The number of hydrogen-bond acceptors (Lipinski definition) is 4. The van der Waals surface area contributed by atoms with Crippen molar-refractivity contribution in [3.05, 3.63) is 41.4 Å². The van der Waals surface area contributed by atoms with Crippen LogP contribution in [0.15, 0.2) is 28.8 Å². The summed E-state index contributed by atoms with van der Waals surface area (Å²) >= 11 is 0. The Hall–Kier alpha value is -2.90. The zero-order valence-corrected chi connectivity index (χ0v) is 14.4. The van der Waals surface area contributed by atoms with Gasteiger partial charge in [0.1, 0.15) is 17.1 Å². The number of aromatic nitrogens is 1. The van der Waals surface area contributed by atoms with Gasteiger partial charge in [0.25, 0.3) is 0 Å². The molecule has 0 aliphatic heterocycles. The second-order valence-electron chi connectivity index (χ2n) is 6.65. The zero-order valence-electron chi connectivity index (χ0n) is 14.4. The number of carboxylic acid groups (broad SMARTS) is 1. The Bertz CT molecular complexity index is 778. The number of halogens is 1. The van der Waals surface area contributed by atoms with E-state index in [0.29, 0.717) is 5.56 Å². The summed E-state index contributed by atoms with van der Waals surface area (Å²) < 4.78 is 18.2. The van der Waals surface area contributed by atoms with Gasteiger partial charge >= 0.3 is 12.0 Å². The van der Waals surface area contributed by atoms with Gasteiger partial charge < -0.3 is 20.3 Å². The molecule has 1 aromatic carbocycles. The largest absolute Gasteiger partial charge is 0.477 e. The number of aromatic carboxylic acids is 1. The van der Waals surface area contributed by atoms with Gasteiger partial charge in [-0.2, -0.15) is 0 Å². The van der Waals surface area contributed by atoms with Gasteiger partial charge in [0.05, 0.1) is 6.04 Å². The lowest BCUT2D eigenvalue weighted by molar-refractivity contribution is 0.0693. The number of carboxylic acids is 1. The molecule has 2 aromatic rings. The van der Waals surface area contributed by atoms with Crippen molar-refractivity contribution in [2.75, 3.05) is 0 Å². The lowest BCUT2D eigenvalue weighted by atomic mass is 10.0. The topological polar surface area (TPSA) is 104 Å². The number of carbonyl (C=O) groups excluding carboxylic acids is 1. The lowest BCUT2D eigenvalue weighted by Gasteiger charge is -2.22. The van der Waals surface area contributed by atoms with Gasteiger partial charge in [-0.05, 0) is 52.0 Å². The van der Waals surface area contributed by atoms with Gasteiger partial charge in [0, 0.05) is 11.1 Å². The summed E-state index contributed by atoms with van der Waals surface area (Å²) in [5.41, 5.74) is -0.136. The van der Waals surface area contributed by atoms with Crippen molar-refractivity contribution < 1.29 is 23.6 Å². The monoisotopic (exact) mass is 349 g/mol. The molecule has 0 spiro atoms. The first-order valence-electron chi connectivity index (χ1n) is 7.66. The number of rotatable bonds is 4. The summed E-state index contributed by atoms with van der Waals surface area (Å²) in [6.07, 6.45) is 0. The standard InChI is InChI=1S/C17H20FN3O4/c1-9(19-16(24)20-17(2,3)4)14-12(15(22)23)13(21-25-14)10-5-7-11(18)8-6-10/h5-9H,1-4H3,(H,22,23)(H2,19,20,24)/t9-/m1/s1. The summed E-state index contributed by atoms with van der Waals surface area (Å²) in [7, 11) is 0. The van der Waals surface area contributed by atoms with Crippen molar-refractivity contribution in [3.8, 4) is 11.3 Å². The van der Waals surface area contributed by atoms with E-state index >= 15 is 0 Å². The molecule has 2 amide bonds. The molecule has 0 saturated heterocycles. The molecule has 0 unspecified atom stereocenters. The van der Waals surface area contributed by atoms with Gasteiger partial charge in [-0.25, -0.2) is 14.0 Å². The Balaban J connectivity index is 2.31. The number of amides is 2. The number of hydrogen-bond donors (Lipinski definition) is 3. The molecule has 134 valence electrons. The smallest absolute Gasteiger partial charge is 0.341 e. The molecule has 1 atom stereocenters. The first-order valence-corrected chi connectivity index (χ1v) is 7.66. The Morgan fingerprint density at radius 2 is 1.84 bits per heavy atom. The summed E-state index contributed by atoms with van der Waals surface area (Å²) in [6.45, 7) is 7.05. The van der Waals surface area contributed by atoms with Crippen LogP contribution in [0.5, 0.6) is 0 Å². The molecule has 25 heavy (non-hydrogen) atoms. The van der Waals surface area contributed by atoms with Crippen LogP contribution < -0.4 is 10.6 Å². The maximum absolute atomic E-state index is 13.1. The summed E-state index contributed by atoms with van der Waals surface area (Å²) in [4.78, 5) is 23.6. The predicted molar refractivity (Wildman–Crippen MR) is 88.7 cm³/mol. The van der Waals surface area contributed by atoms with Gasteiger partial charge in [-0.1, -0.05) is 5.16 Å². The zero-order chi connectivity index (χ0) is 18.8. The average molecular weight is 349 g/mol. The van der Waals surface area contributed by atoms with Gasteiger partial charge in [-0.15, -0.1) is 0 Å². The maximum atomic E-state index is 13.1.